The largest absolute Gasteiger partial charge is 0.470 e. The molecule has 1 aromatic rings. The van der Waals surface area contributed by atoms with Crippen LogP contribution in [0.25, 0.3) is 0 Å². The minimum Gasteiger partial charge on any atom is -0.470 e. The van der Waals surface area contributed by atoms with Crippen LogP contribution in [0, 0.1) is 5.82 Å². The molecule has 0 bridgehead atoms. The van der Waals surface area contributed by atoms with Gasteiger partial charge in [0.1, 0.15) is 5.69 Å². The van der Waals surface area contributed by atoms with Gasteiger partial charge in [-0.25, -0.2) is 12.8 Å². The molecule has 1 heterocycles. The molecule has 0 unspecified atom stereocenters. The van der Waals surface area contributed by atoms with Gasteiger partial charge >= 0.3 is 0 Å². The van der Waals surface area contributed by atoms with Crippen LogP contribution in [0.2, 0.25) is 0 Å². The van der Waals surface area contributed by atoms with Gasteiger partial charge in [0.05, 0.1) is 0 Å². The van der Waals surface area contributed by atoms with E-state index in [2.05, 4.69) is 4.74 Å². The molecule has 0 aromatic heterocycles. The number of anilines is 1. The van der Waals surface area contributed by atoms with Gasteiger partial charge < -0.3 is 4.74 Å². The molecule has 0 fully saturated rings. The van der Waals surface area contributed by atoms with Crippen molar-refractivity contribution in [1.29, 1.82) is 0 Å². The summed E-state index contributed by atoms with van der Waals surface area (Å²) in [6, 6.07) is 3.38. The fraction of sp³-hybridized carbons (Fsp3) is 0.143. The van der Waals surface area contributed by atoms with Crippen molar-refractivity contribution in [1.82, 2.24) is 0 Å². The van der Waals surface area contributed by atoms with Crippen LogP contribution in [0.5, 0.6) is 5.75 Å². The molecule has 4 nitrogen and oxygen atoms in total. The molecule has 0 amide bonds. The van der Waals surface area contributed by atoms with Gasteiger partial charge in [0.2, 0.25) is 5.94 Å². The van der Waals surface area contributed by atoms with Gasteiger partial charge in [0, 0.05) is 0 Å². The Bertz CT molecular complexity index is 474. The lowest BCUT2D eigenvalue weighted by Gasteiger charge is -2.22. The lowest BCUT2D eigenvalue weighted by atomic mass is 10.3. The Kier molecular flexibility index (Phi) is 1.84. The van der Waals surface area contributed by atoms with Crippen LogP contribution in [0.4, 0.5) is 14.6 Å². The van der Waals surface area contributed by atoms with E-state index in [0.29, 0.717) is 0 Å². The molecule has 0 saturated heterocycles. The van der Waals surface area contributed by atoms with E-state index in [4.69, 9.17) is 0 Å². The average Bonchev–Trinajstić information content (AvgIpc) is 2.13. The topological polar surface area (TPSA) is 46.6 Å². The second kappa shape index (κ2) is 2.81. The van der Waals surface area contributed by atoms with Crippen molar-refractivity contribution in [2.75, 3.05) is 10.5 Å². The highest BCUT2D eigenvalue weighted by Crippen LogP contribution is 2.36. The zero-order valence-corrected chi connectivity index (χ0v) is 7.59. The monoisotopic (exact) mass is 221 g/mol. The Morgan fingerprint density at radius 2 is 2.14 bits per heavy atom. The van der Waals surface area contributed by atoms with Gasteiger partial charge in [-0.3, -0.25) is 0 Å². The maximum atomic E-state index is 13.1. The SMILES string of the molecule is O=S1(=O)COc2c(F)cccc2N1F. The van der Waals surface area contributed by atoms with Crippen molar-refractivity contribution in [3.05, 3.63) is 24.0 Å². The number of ether oxygens (including phenoxy) is 1. The lowest BCUT2D eigenvalue weighted by Crippen LogP contribution is -2.32. The summed E-state index contributed by atoms with van der Waals surface area (Å²) in [6.45, 7) is 0. The average molecular weight is 221 g/mol. The van der Waals surface area contributed by atoms with E-state index in [-0.39, 0.29) is 5.75 Å². The van der Waals surface area contributed by atoms with Crippen LogP contribution in [-0.4, -0.2) is 14.4 Å². The molecule has 76 valence electrons. The first kappa shape index (κ1) is 9.20. The highest BCUT2D eigenvalue weighted by molar-refractivity contribution is 7.92. The van der Waals surface area contributed by atoms with Crippen LogP contribution in [-0.2, 0) is 10.0 Å². The van der Waals surface area contributed by atoms with E-state index in [1.807, 2.05) is 0 Å². The third-order valence-electron chi connectivity index (χ3n) is 1.73. The highest BCUT2D eigenvalue weighted by Gasteiger charge is 2.33. The lowest BCUT2D eigenvalue weighted by molar-refractivity contribution is 0.332. The van der Waals surface area contributed by atoms with Crippen LogP contribution in [0.1, 0.15) is 0 Å². The van der Waals surface area contributed by atoms with Gasteiger partial charge in [0.25, 0.3) is 10.0 Å². The third kappa shape index (κ3) is 1.20. The molecule has 14 heavy (non-hydrogen) atoms. The first-order valence-corrected chi connectivity index (χ1v) is 5.23. The first-order valence-electron chi connectivity index (χ1n) is 3.62. The molecule has 0 N–H and O–H groups in total. The fourth-order valence-electron chi connectivity index (χ4n) is 1.11. The summed E-state index contributed by atoms with van der Waals surface area (Å²) in [7, 11) is -4.11. The number of para-hydroxylation sites is 1. The summed E-state index contributed by atoms with van der Waals surface area (Å²) in [5, 5.41) is 0. The Morgan fingerprint density at radius 1 is 1.43 bits per heavy atom. The molecule has 7 heteroatoms. The summed E-state index contributed by atoms with van der Waals surface area (Å²) in [6.07, 6.45) is 0. The van der Waals surface area contributed by atoms with Gasteiger partial charge in [-0.15, -0.1) is 0 Å². The van der Waals surface area contributed by atoms with E-state index < -0.39 is 32.0 Å². The minimum atomic E-state index is -4.11. The summed E-state index contributed by atoms with van der Waals surface area (Å²) >= 11 is 0. The molecule has 1 aliphatic rings. The second-order valence-corrected chi connectivity index (χ2v) is 4.40. The standard InChI is InChI=1S/C7H5F2NO3S/c8-5-2-1-3-6-7(5)13-4-14(11,12)10(6)9/h1-3H,4H2. The fourth-order valence-corrected chi connectivity index (χ4v) is 1.91. The number of rotatable bonds is 0. The predicted molar refractivity (Wildman–Crippen MR) is 44.4 cm³/mol. The number of halogens is 2. The Morgan fingerprint density at radius 3 is 2.86 bits per heavy atom. The second-order valence-electron chi connectivity index (χ2n) is 2.68. The first-order chi connectivity index (χ1) is 6.52. The molecule has 2 rings (SSSR count). The number of hydrogen-bond acceptors (Lipinski definition) is 3. The van der Waals surface area contributed by atoms with E-state index in [0.717, 1.165) is 12.1 Å². The van der Waals surface area contributed by atoms with Crippen molar-refractivity contribution in [3.8, 4) is 5.75 Å². The number of hydrogen-bond donors (Lipinski definition) is 0. The molecule has 0 aliphatic carbocycles. The predicted octanol–water partition coefficient (Wildman–Crippen LogP) is 1.20. The number of benzene rings is 1. The summed E-state index contributed by atoms with van der Waals surface area (Å²) < 4.78 is 52.2. The molecular formula is C7H5F2NO3S. The zero-order valence-electron chi connectivity index (χ0n) is 6.78. The van der Waals surface area contributed by atoms with Crippen molar-refractivity contribution < 1.29 is 22.0 Å². The summed E-state index contributed by atoms with van der Waals surface area (Å²) in [4.78, 5) is 0. The normalized spacial score (nSPS) is 18.6. The molecule has 1 aliphatic heterocycles. The van der Waals surface area contributed by atoms with Gasteiger partial charge in [-0.1, -0.05) is 15.1 Å². The highest BCUT2D eigenvalue weighted by atomic mass is 32.2. The van der Waals surface area contributed by atoms with Gasteiger partial charge in [-0.2, -0.15) is 0 Å². The van der Waals surface area contributed by atoms with Crippen LogP contribution in [0.3, 0.4) is 0 Å². The molecular weight excluding hydrogens is 216 g/mol. The molecule has 0 atom stereocenters. The molecule has 0 spiro atoms. The number of nitrogens with zero attached hydrogens (tertiary/aromatic N) is 1. The maximum Gasteiger partial charge on any atom is 0.297 e. The van der Waals surface area contributed by atoms with Crippen LogP contribution in [0.15, 0.2) is 18.2 Å². The van der Waals surface area contributed by atoms with Crippen molar-refractivity contribution >= 4 is 15.7 Å². The van der Waals surface area contributed by atoms with E-state index in [1.165, 1.54) is 6.07 Å². The number of fused-ring (bicyclic) bond motifs is 1. The summed E-state index contributed by atoms with van der Waals surface area (Å²) in [5.74, 6) is -2.07. The van der Waals surface area contributed by atoms with Crippen LogP contribution >= 0.6 is 0 Å². The van der Waals surface area contributed by atoms with E-state index >= 15 is 0 Å². The zero-order chi connectivity index (χ0) is 10.3. The van der Waals surface area contributed by atoms with Crippen molar-refractivity contribution in [2.24, 2.45) is 0 Å². The van der Waals surface area contributed by atoms with E-state index in [1.54, 1.807) is 0 Å². The Hall–Kier alpha value is -1.37. The third-order valence-corrected chi connectivity index (χ3v) is 2.83. The number of sulfonamides is 1. The molecule has 1 aromatic carbocycles. The van der Waals surface area contributed by atoms with Crippen LogP contribution < -0.4 is 9.26 Å². The van der Waals surface area contributed by atoms with E-state index in [9.17, 15) is 17.3 Å². The Labute approximate surface area is 78.7 Å². The van der Waals surface area contributed by atoms with Gasteiger partial charge in [0.15, 0.2) is 11.6 Å². The summed E-state index contributed by atoms with van der Waals surface area (Å²) in [5.41, 5.74) is -0.434. The quantitative estimate of drug-likeness (QED) is 0.618. The maximum absolute atomic E-state index is 13.1. The van der Waals surface area contributed by atoms with Gasteiger partial charge in [-0.05, 0) is 12.1 Å². The van der Waals surface area contributed by atoms with Crippen molar-refractivity contribution in [3.63, 3.8) is 0 Å². The molecule has 0 saturated carbocycles. The van der Waals surface area contributed by atoms with Crippen molar-refractivity contribution in [2.45, 2.75) is 0 Å². The Balaban J connectivity index is 2.63. The molecule has 0 radical (unpaired) electrons. The smallest absolute Gasteiger partial charge is 0.297 e. The minimum absolute atomic E-state index is 0.384.